The van der Waals surface area contributed by atoms with Crippen molar-refractivity contribution in [3.8, 4) is 11.5 Å². The van der Waals surface area contributed by atoms with Gasteiger partial charge in [-0.15, -0.1) is 0 Å². The Hall–Kier alpha value is -1.15. The molecule has 0 aliphatic heterocycles. The third-order valence-electron chi connectivity index (χ3n) is 2.02. The van der Waals surface area contributed by atoms with E-state index in [0.717, 1.165) is 0 Å². The summed E-state index contributed by atoms with van der Waals surface area (Å²) in [7, 11) is 0. The van der Waals surface area contributed by atoms with Crippen LogP contribution in [0.25, 0.3) is 0 Å². The summed E-state index contributed by atoms with van der Waals surface area (Å²) in [5.41, 5.74) is 0.503. The van der Waals surface area contributed by atoms with Crippen molar-refractivity contribution in [2.75, 3.05) is 0 Å². The minimum atomic E-state index is -0.759. The average Bonchev–Trinajstić information content (AvgIpc) is 2.22. The van der Waals surface area contributed by atoms with E-state index in [1.807, 2.05) is 22.6 Å². The van der Waals surface area contributed by atoms with E-state index in [1.54, 1.807) is 19.1 Å². The molecule has 6 heteroatoms. The van der Waals surface area contributed by atoms with Crippen LogP contribution >= 0.6 is 22.6 Å². The zero-order valence-electron chi connectivity index (χ0n) is 10.2. The van der Waals surface area contributed by atoms with Crippen LogP contribution in [0.15, 0.2) is 12.1 Å². The number of hydrogen-bond acceptors (Lipinski definition) is 5. The molecule has 0 radical (unpaired) electrons. The molecule has 1 N–H and O–H groups in total. The van der Waals surface area contributed by atoms with Crippen LogP contribution in [0, 0.1) is 3.57 Å². The fourth-order valence-corrected chi connectivity index (χ4v) is 1.82. The molecule has 0 fully saturated rings. The second-order valence-electron chi connectivity index (χ2n) is 3.69. The molecule has 0 aromatic heterocycles. The Morgan fingerprint density at radius 1 is 1.17 bits per heavy atom. The van der Waals surface area contributed by atoms with E-state index >= 15 is 0 Å². The maximum atomic E-state index is 11.0. The second-order valence-corrected chi connectivity index (χ2v) is 4.77. The van der Waals surface area contributed by atoms with Gasteiger partial charge in [0.1, 0.15) is 11.5 Å². The predicted molar refractivity (Wildman–Crippen MR) is 72.4 cm³/mol. The molecule has 5 nitrogen and oxygen atoms in total. The summed E-state index contributed by atoms with van der Waals surface area (Å²) < 4.78 is 10.5. The lowest BCUT2D eigenvalue weighted by Crippen LogP contribution is -2.08. The van der Waals surface area contributed by atoms with E-state index < -0.39 is 18.0 Å². The van der Waals surface area contributed by atoms with Gasteiger partial charge in [-0.3, -0.25) is 9.59 Å². The average molecular weight is 364 g/mol. The minimum Gasteiger partial charge on any atom is -0.425 e. The Morgan fingerprint density at radius 2 is 1.56 bits per heavy atom. The summed E-state index contributed by atoms with van der Waals surface area (Å²) >= 11 is 1.91. The van der Waals surface area contributed by atoms with Crippen LogP contribution < -0.4 is 9.47 Å². The minimum absolute atomic E-state index is 0.262. The first kappa shape index (κ1) is 14.9. The number of halogens is 1. The molecule has 0 saturated heterocycles. The lowest BCUT2D eigenvalue weighted by atomic mass is 10.1. The fraction of sp³-hybridized carbons (Fsp3) is 0.333. The molecule has 0 aliphatic rings. The molecule has 0 amide bonds. The van der Waals surface area contributed by atoms with Crippen LogP contribution in [0.1, 0.15) is 32.4 Å². The number of benzene rings is 1. The highest BCUT2D eigenvalue weighted by Gasteiger charge is 2.16. The van der Waals surface area contributed by atoms with Gasteiger partial charge in [0.2, 0.25) is 0 Å². The van der Waals surface area contributed by atoms with Gasteiger partial charge in [0, 0.05) is 13.8 Å². The van der Waals surface area contributed by atoms with Gasteiger partial charge >= 0.3 is 11.9 Å². The largest absolute Gasteiger partial charge is 0.425 e. The highest BCUT2D eigenvalue weighted by atomic mass is 127. The van der Waals surface area contributed by atoms with E-state index in [4.69, 9.17) is 9.47 Å². The van der Waals surface area contributed by atoms with Crippen LogP contribution in [0.3, 0.4) is 0 Å². The first-order valence-electron chi connectivity index (χ1n) is 5.19. The molecular formula is C12H13IO5. The number of aliphatic hydroxyl groups is 1. The first-order valence-corrected chi connectivity index (χ1v) is 6.27. The second kappa shape index (κ2) is 6.14. The van der Waals surface area contributed by atoms with Crippen molar-refractivity contribution in [1.29, 1.82) is 0 Å². The third kappa shape index (κ3) is 3.95. The number of esters is 2. The number of hydrogen-bond donors (Lipinski definition) is 1. The van der Waals surface area contributed by atoms with Gasteiger partial charge in [0.25, 0.3) is 0 Å². The molecule has 0 aliphatic carbocycles. The number of rotatable bonds is 3. The predicted octanol–water partition coefficient (Wildman–Crippen LogP) is 2.20. The Morgan fingerprint density at radius 3 is 1.83 bits per heavy atom. The molecule has 1 unspecified atom stereocenters. The van der Waals surface area contributed by atoms with E-state index in [9.17, 15) is 14.7 Å². The van der Waals surface area contributed by atoms with E-state index in [2.05, 4.69) is 0 Å². The summed E-state index contributed by atoms with van der Waals surface area (Å²) in [6, 6.07) is 3.08. The molecule has 1 rings (SSSR count). The van der Waals surface area contributed by atoms with Crippen molar-refractivity contribution >= 4 is 34.5 Å². The van der Waals surface area contributed by atoms with Crippen molar-refractivity contribution in [3.63, 3.8) is 0 Å². The van der Waals surface area contributed by atoms with Gasteiger partial charge in [0.05, 0.1) is 9.67 Å². The normalized spacial score (nSPS) is 11.8. The van der Waals surface area contributed by atoms with Crippen molar-refractivity contribution < 1.29 is 24.2 Å². The molecule has 0 spiro atoms. The van der Waals surface area contributed by atoms with Crippen LogP contribution in [-0.2, 0) is 9.59 Å². The molecular weight excluding hydrogens is 351 g/mol. The zero-order chi connectivity index (χ0) is 13.9. The molecule has 1 aromatic rings. The van der Waals surface area contributed by atoms with Gasteiger partial charge in [0.15, 0.2) is 0 Å². The van der Waals surface area contributed by atoms with Crippen molar-refractivity contribution in [3.05, 3.63) is 21.3 Å². The molecule has 0 bridgehead atoms. The van der Waals surface area contributed by atoms with Crippen molar-refractivity contribution in [1.82, 2.24) is 0 Å². The topological polar surface area (TPSA) is 72.8 Å². The fourth-order valence-electron chi connectivity index (χ4n) is 1.29. The lowest BCUT2D eigenvalue weighted by Gasteiger charge is -2.13. The Labute approximate surface area is 118 Å². The summed E-state index contributed by atoms with van der Waals surface area (Å²) in [6.07, 6.45) is -0.759. The number of ether oxygens (including phenoxy) is 2. The standard InChI is InChI=1S/C12H13IO5/c1-6(14)9-4-10(17-7(2)15)12(13)11(5-9)18-8(3)16/h4-6,14H,1-3H3. The van der Waals surface area contributed by atoms with Crippen LogP contribution in [0.2, 0.25) is 0 Å². The van der Waals surface area contributed by atoms with Crippen LogP contribution in [0.4, 0.5) is 0 Å². The van der Waals surface area contributed by atoms with E-state index in [0.29, 0.717) is 9.13 Å². The Balaban J connectivity index is 3.27. The van der Waals surface area contributed by atoms with Crippen LogP contribution in [0.5, 0.6) is 11.5 Å². The van der Waals surface area contributed by atoms with E-state index in [-0.39, 0.29) is 11.5 Å². The zero-order valence-corrected chi connectivity index (χ0v) is 12.3. The van der Waals surface area contributed by atoms with Crippen LogP contribution in [-0.4, -0.2) is 17.0 Å². The van der Waals surface area contributed by atoms with Gasteiger partial charge in [-0.2, -0.15) is 0 Å². The summed E-state index contributed by atoms with van der Waals surface area (Å²) in [5.74, 6) is -0.440. The van der Waals surface area contributed by atoms with Crippen molar-refractivity contribution in [2.45, 2.75) is 26.9 Å². The molecule has 98 valence electrons. The maximum absolute atomic E-state index is 11.0. The molecule has 18 heavy (non-hydrogen) atoms. The third-order valence-corrected chi connectivity index (χ3v) is 3.08. The maximum Gasteiger partial charge on any atom is 0.308 e. The Kier molecular flexibility index (Phi) is 5.09. The van der Waals surface area contributed by atoms with Crippen molar-refractivity contribution in [2.24, 2.45) is 0 Å². The molecule has 0 heterocycles. The number of aliphatic hydroxyl groups excluding tert-OH is 1. The smallest absolute Gasteiger partial charge is 0.308 e. The quantitative estimate of drug-likeness (QED) is 0.506. The SMILES string of the molecule is CC(=O)Oc1cc(C(C)O)cc(OC(C)=O)c1I. The monoisotopic (exact) mass is 364 g/mol. The molecule has 0 saturated carbocycles. The summed E-state index contributed by atoms with van der Waals surface area (Å²) in [5, 5.41) is 9.55. The molecule has 1 aromatic carbocycles. The van der Waals surface area contributed by atoms with Gasteiger partial charge in [-0.1, -0.05) is 0 Å². The first-order chi connectivity index (χ1) is 8.31. The summed E-state index contributed by atoms with van der Waals surface area (Å²) in [4.78, 5) is 22.0. The Bertz CT molecular complexity index is 444. The van der Waals surface area contributed by atoms with Gasteiger partial charge in [-0.25, -0.2) is 0 Å². The molecule has 1 atom stereocenters. The number of carbonyl (C=O) groups is 2. The van der Waals surface area contributed by atoms with E-state index in [1.165, 1.54) is 13.8 Å². The highest BCUT2D eigenvalue weighted by molar-refractivity contribution is 14.1. The number of carbonyl (C=O) groups excluding carboxylic acids is 2. The highest BCUT2D eigenvalue weighted by Crippen LogP contribution is 2.34. The van der Waals surface area contributed by atoms with Gasteiger partial charge in [-0.05, 0) is 47.2 Å². The summed E-state index contributed by atoms with van der Waals surface area (Å²) in [6.45, 7) is 4.12. The lowest BCUT2D eigenvalue weighted by molar-refractivity contribution is -0.132. The van der Waals surface area contributed by atoms with Gasteiger partial charge < -0.3 is 14.6 Å².